The van der Waals surface area contributed by atoms with Crippen molar-refractivity contribution in [2.75, 3.05) is 19.0 Å². The molecule has 0 aliphatic carbocycles. The molecular weight excluding hydrogens is 230 g/mol. The van der Waals surface area contributed by atoms with Gasteiger partial charge in [0.1, 0.15) is 0 Å². The van der Waals surface area contributed by atoms with Gasteiger partial charge in [-0.2, -0.15) is 4.68 Å². The third-order valence-corrected chi connectivity index (χ3v) is 2.43. The van der Waals surface area contributed by atoms with E-state index in [4.69, 9.17) is 4.74 Å². The predicted molar refractivity (Wildman–Crippen MR) is 68.7 cm³/mol. The predicted octanol–water partition coefficient (Wildman–Crippen LogP) is 1.50. The number of hydrogen-bond acceptors (Lipinski definition) is 5. The number of benzene rings is 1. The Morgan fingerprint density at radius 2 is 2.00 bits per heavy atom. The first-order valence-corrected chi connectivity index (χ1v) is 5.73. The van der Waals surface area contributed by atoms with Crippen LogP contribution in [-0.2, 0) is 4.74 Å². The minimum atomic E-state index is -0.240. The molecule has 0 bridgehead atoms. The van der Waals surface area contributed by atoms with Crippen LogP contribution in [0.3, 0.4) is 0 Å². The molecule has 2 rings (SSSR count). The van der Waals surface area contributed by atoms with Gasteiger partial charge in [-0.05, 0) is 36.4 Å². The van der Waals surface area contributed by atoms with E-state index in [1.54, 1.807) is 11.8 Å². The molecule has 1 heterocycles. The number of ether oxygens (including phenoxy) is 1. The molecule has 0 spiro atoms. The third kappa shape index (κ3) is 2.84. The van der Waals surface area contributed by atoms with Crippen LogP contribution in [0.15, 0.2) is 30.3 Å². The number of nitrogens with zero attached hydrogens (tertiary/aromatic N) is 4. The molecule has 1 aromatic heterocycles. The van der Waals surface area contributed by atoms with Crippen molar-refractivity contribution in [1.82, 2.24) is 20.2 Å². The first kappa shape index (κ1) is 12.5. The van der Waals surface area contributed by atoms with E-state index in [2.05, 4.69) is 20.8 Å². The van der Waals surface area contributed by atoms with Gasteiger partial charge < -0.3 is 10.1 Å². The highest BCUT2D eigenvalue weighted by Gasteiger charge is 2.20. The molecule has 0 unspecified atom stereocenters. The highest BCUT2D eigenvalue weighted by molar-refractivity contribution is 5.39. The molecule has 0 aliphatic rings. The molecule has 1 aromatic carbocycles. The van der Waals surface area contributed by atoms with E-state index in [1.807, 2.05) is 44.2 Å². The summed E-state index contributed by atoms with van der Waals surface area (Å²) in [6, 6.07) is 9.74. The molecule has 0 amide bonds. The Morgan fingerprint density at radius 3 is 2.67 bits per heavy atom. The number of anilines is 1. The van der Waals surface area contributed by atoms with Crippen LogP contribution in [-0.4, -0.2) is 39.5 Å². The van der Waals surface area contributed by atoms with Gasteiger partial charge in [-0.15, -0.1) is 0 Å². The number of tetrazole rings is 1. The topological polar surface area (TPSA) is 64.9 Å². The zero-order valence-corrected chi connectivity index (χ0v) is 10.8. The molecule has 0 saturated heterocycles. The minimum Gasteiger partial charge on any atom is -0.382 e. The summed E-state index contributed by atoms with van der Waals surface area (Å²) in [5.41, 5.74) is 0.675. The maximum Gasteiger partial charge on any atom is 0.248 e. The van der Waals surface area contributed by atoms with Gasteiger partial charge in [0.2, 0.25) is 5.95 Å². The van der Waals surface area contributed by atoms with E-state index < -0.39 is 0 Å². The summed E-state index contributed by atoms with van der Waals surface area (Å²) >= 11 is 0. The van der Waals surface area contributed by atoms with Gasteiger partial charge in [0.15, 0.2) is 0 Å². The van der Waals surface area contributed by atoms with E-state index >= 15 is 0 Å². The normalized spacial score (nSPS) is 11.5. The van der Waals surface area contributed by atoms with Gasteiger partial charge in [0, 0.05) is 7.11 Å². The average molecular weight is 247 g/mol. The molecule has 0 radical (unpaired) electrons. The number of hydrogen-bond donors (Lipinski definition) is 1. The van der Waals surface area contributed by atoms with E-state index in [0.29, 0.717) is 12.6 Å². The number of aromatic nitrogens is 4. The molecule has 1 N–H and O–H groups in total. The van der Waals surface area contributed by atoms with Crippen LogP contribution in [0, 0.1) is 0 Å². The van der Waals surface area contributed by atoms with Crippen LogP contribution in [0.2, 0.25) is 0 Å². The summed E-state index contributed by atoms with van der Waals surface area (Å²) in [5, 5.41) is 14.9. The molecule has 0 fully saturated rings. The van der Waals surface area contributed by atoms with Gasteiger partial charge in [-0.3, -0.25) is 0 Å². The molecule has 18 heavy (non-hydrogen) atoms. The maximum atomic E-state index is 5.16. The smallest absolute Gasteiger partial charge is 0.248 e. The Kier molecular flexibility index (Phi) is 3.57. The van der Waals surface area contributed by atoms with Crippen molar-refractivity contribution in [3.05, 3.63) is 30.3 Å². The molecule has 0 saturated carbocycles. The number of rotatable bonds is 5. The van der Waals surface area contributed by atoms with Crippen molar-refractivity contribution < 1.29 is 4.74 Å². The third-order valence-electron chi connectivity index (χ3n) is 2.43. The van der Waals surface area contributed by atoms with Crippen LogP contribution >= 0.6 is 0 Å². The lowest BCUT2D eigenvalue weighted by Crippen LogP contribution is -2.37. The van der Waals surface area contributed by atoms with Crippen molar-refractivity contribution in [3.8, 4) is 5.69 Å². The number of nitrogens with one attached hydrogen (secondary N) is 1. The zero-order valence-electron chi connectivity index (χ0n) is 10.8. The van der Waals surface area contributed by atoms with Crippen molar-refractivity contribution in [3.63, 3.8) is 0 Å². The fourth-order valence-electron chi connectivity index (χ4n) is 1.71. The lowest BCUT2D eigenvalue weighted by molar-refractivity contribution is 0.157. The Labute approximate surface area is 106 Å². The summed E-state index contributed by atoms with van der Waals surface area (Å²) in [6.45, 7) is 4.62. The number of methoxy groups -OCH3 is 1. The van der Waals surface area contributed by atoms with Gasteiger partial charge >= 0.3 is 0 Å². The molecule has 6 nitrogen and oxygen atoms in total. The van der Waals surface area contributed by atoms with Gasteiger partial charge in [0.05, 0.1) is 17.8 Å². The molecule has 6 heteroatoms. The van der Waals surface area contributed by atoms with Crippen LogP contribution in [0.1, 0.15) is 13.8 Å². The van der Waals surface area contributed by atoms with E-state index in [1.165, 1.54) is 0 Å². The second-order valence-electron chi connectivity index (χ2n) is 4.69. The summed E-state index contributed by atoms with van der Waals surface area (Å²) < 4.78 is 6.82. The Balaban J connectivity index is 2.24. The summed E-state index contributed by atoms with van der Waals surface area (Å²) in [5.74, 6) is 0.600. The fraction of sp³-hybridized carbons (Fsp3) is 0.417. The van der Waals surface area contributed by atoms with Crippen LogP contribution in [0.25, 0.3) is 5.69 Å². The largest absolute Gasteiger partial charge is 0.382 e. The Morgan fingerprint density at radius 1 is 1.28 bits per heavy atom. The molecular formula is C12H17N5O. The Hall–Kier alpha value is -1.95. The maximum absolute atomic E-state index is 5.16. The molecule has 0 aliphatic heterocycles. The Bertz CT molecular complexity index is 494. The van der Waals surface area contributed by atoms with E-state index in [9.17, 15) is 0 Å². The van der Waals surface area contributed by atoms with E-state index in [-0.39, 0.29) is 5.54 Å². The molecule has 2 aromatic rings. The first-order valence-electron chi connectivity index (χ1n) is 5.73. The quantitative estimate of drug-likeness (QED) is 0.867. The monoisotopic (exact) mass is 247 g/mol. The van der Waals surface area contributed by atoms with Crippen molar-refractivity contribution in [1.29, 1.82) is 0 Å². The minimum absolute atomic E-state index is 0.240. The average Bonchev–Trinajstić information content (AvgIpc) is 2.77. The molecule has 0 atom stereocenters. The SMILES string of the molecule is COCC(C)(C)Nc1nnnn1-c1ccccc1. The highest BCUT2D eigenvalue weighted by Crippen LogP contribution is 2.15. The number of para-hydroxylation sites is 1. The van der Waals surface area contributed by atoms with Crippen LogP contribution in [0.5, 0.6) is 0 Å². The van der Waals surface area contributed by atoms with Crippen molar-refractivity contribution in [2.24, 2.45) is 0 Å². The van der Waals surface area contributed by atoms with Gasteiger partial charge in [-0.25, -0.2) is 0 Å². The molecule has 96 valence electrons. The lowest BCUT2D eigenvalue weighted by Gasteiger charge is -2.25. The van der Waals surface area contributed by atoms with Gasteiger partial charge in [0.25, 0.3) is 0 Å². The summed E-state index contributed by atoms with van der Waals surface area (Å²) in [4.78, 5) is 0. The lowest BCUT2D eigenvalue weighted by atomic mass is 10.1. The second kappa shape index (κ2) is 5.14. The summed E-state index contributed by atoms with van der Waals surface area (Å²) in [7, 11) is 1.67. The van der Waals surface area contributed by atoms with Crippen molar-refractivity contribution in [2.45, 2.75) is 19.4 Å². The van der Waals surface area contributed by atoms with Gasteiger partial charge in [-0.1, -0.05) is 23.3 Å². The highest BCUT2D eigenvalue weighted by atomic mass is 16.5. The van der Waals surface area contributed by atoms with Crippen LogP contribution in [0.4, 0.5) is 5.95 Å². The second-order valence-corrected chi connectivity index (χ2v) is 4.69. The first-order chi connectivity index (χ1) is 8.62. The zero-order chi connectivity index (χ0) is 13.0. The fourth-order valence-corrected chi connectivity index (χ4v) is 1.71. The standard InChI is InChI=1S/C12H17N5O/c1-12(2,9-18-3)13-11-14-15-16-17(11)10-7-5-4-6-8-10/h4-8H,9H2,1-3H3,(H,13,14,16). The van der Waals surface area contributed by atoms with E-state index in [0.717, 1.165) is 5.69 Å². The summed E-state index contributed by atoms with van der Waals surface area (Å²) in [6.07, 6.45) is 0. The van der Waals surface area contributed by atoms with Crippen molar-refractivity contribution >= 4 is 5.95 Å². The van der Waals surface area contributed by atoms with Crippen LogP contribution < -0.4 is 5.32 Å².